The lowest BCUT2D eigenvalue weighted by atomic mass is 9.75. The van der Waals surface area contributed by atoms with Crippen molar-refractivity contribution in [3.63, 3.8) is 0 Å². The Morgan fingerprint density at radius 3 is 2.52 bits per heavy atom. The summed E-state index contributed by atoms with van der Waals surface area (Å²) in [6.07, 6.45) is 2.19. The number of phenolic OH excluding ortho intramolecular Hbond substituents is 1. The molecule has 146 valence electrons. The standard InChI is InChI=1S/C26H24O3/c1-15(2)16-6-8-18(9-7-16)24-25-20-14-19(27)12-10-17(20)11-13-23(25)29-22-5-3-4-21(28)26(22)24/h6-15,24,27H,3-5H2,1-2H3. The van der Waals surface area contributed by atoms with Crippen LogP contribution in [0.2, 0.25) is 0 Å². The van der Waals surface area contributed by atoms with E-state index in [9.17, 15) is 9.90 Å². The number of phenols is 1. The van der Waals surface area contributed by atoms with Crippen LogP contribution in [0.5, 0.6) is 11.5 Å². The summed E-state index contributed by atoms with van der Waals surface area (Å²) in [5.74, 6) is 2.27. The molecule has 0 spiro atoms. The van der Waals surface area contributed by atoms with E-state index in [1.807, 2.05) is 18.2 Å². The summed E-state index contributed by atoms with van der Waals surface area (Å²) < 4.78 is 6.25. The van der Waals surface area contributed by atoms with Crippen molar-refractivity contribution >= 4 is 16.6 Å². The highest BCUT2D eigenvalue weighted by Gasteiger charge is 2.37. The maximum absolute atomic E-state index is 13.0. The normalized spacial score (nSPS) is 18.6. The molecule has 0 amide bonds. The highest BCUT2D eigenvalue weighted by Crippen LogP contribution is 2.49. The fourth-order valence-electron chi connectivity index (χ4n) is 4.64. The van der Waals surface area contributed by atoms with E-state index in [2.05, 4.69) is 38.1 Å². The topological polar surface area (TPSA) is 46.5 Å². The SMILES string of the molecule is CC(C)c1ccc(C2C3=C(CCCC3=O)Oc3ccc4ccc(O)cc4c32)cc1. The van der Waals surface area contributed by atoms with Crippen molar-refractivity contribution in [2.75, 3.05) is 0 Å². The molecule has 1 atom stereocenters. The van der Waals surface area contributed by atoms with Crippen molar-refractivity contribution in [3.8, 4) is 11.5 Å². The van der Waals surface area contributed by atoms with Gasteiger partial charge in [-0.05, 0) is 52.4 Å². The Labute approximate surface area is 170 Å². The molecule has 2 aliphatic rings. The number of hydrogen-bond donors (Lipinski definition) is 1. The maximum Gasteiger partial charge on any atom is 0.163 e. The first kappa shape index (κ1) is 18.0. The number of Topliss-reactive ketones (excluding diaryl/α,β-unsaturated/α-hetero) is 1. The Bertz CT molecular complexity index is 1150. The summed E-state index contributed by atoms with van der Waals surface area (Å²) in [7, 11) is 0. The van der Waals surface area contributed by atoms with Gasteiger partial charge in [-0.1, -0.05) is 50.2 Å². The zero-order valence-electron chi connectivity index (χ0n) is 16.7. The third-order valence-electron chi connectivity index (χ3n) is 6.16. The Kier molecular flexibility index (Phi) is 4.20. The van der Waals surface area contributed by atoms with E-state index in [1.54, 1.807) is 12.1 Å². The molecule has 1 heterocycles. The van der Waals surface area contributed by atoms with Crippen LogP contribution in [0.15, 0.2) is 65.9 Å². The van der Waals surface area contributed by atoms with Gasteiger partial charge in [0.1, 0.15) is 17.3 Å². The quantitative estimate of drug-likeness (QED) is 0.572. The molecule has 1 N–H and O–H groups in total. The number of allylic oxidation sites excluding steroid dienone is 2. The predicted molar refractivity (Wildman–Crippen MR) is 114 cm³/mol. The number of aromatic hydroxyl groups is 1. The summed E-state index contributed by atoms with van der Waals surface area (Å²) in [5, 5.41) is 12.1. The van der Waals surface area contributed by atoms with Crippen LogP contribution in [-0.2, 0) is 4.79 Å². The van der Waals surface area contributed by atoms with Crippen molar-refractivity contribution in [1.82, 2.24) is 0 Å². The van der Waals surface area contributed by atoms with Crippen molar-refractivity contribution in [3.05, 3.63) is 82.6 Å². The molecule has 3 heteroatoms. The fourth-order valence-corrected chi connectivity index (χ4v) is 4.64. The van der Waals surface area contributed by atoms with Gasteiger partial charge < -0.3 is 9.84 Å². The number of ether oxygens (including phenoxy) is 1. The average Bonchev–Trinajstić information content (AvgIpc) is 2.72. The lowest BCUT2D eigenvalue weighted by Crippen LogP contribution is -2.25. The Morgan fingerprint density at radius 1 is 1.00 bits per heavy atom. The van der Waals surface area contributed by atoms with E-state index in [1.165, 1.54) is 5.56 Å². The van der Waals surface area contributed by atoms with Crippen LogP contribution >= 0.6 is 0 Å². The summed E-state index contributed by atoms with van der Waals surface area (Å²) in [5.41, 5.74) is 4.14. The summed E-state index contributed by atoms with van der Waals surface area (Å²) in [4.78, 5) is 13.0. The minimum Gasteiger partial charge on any atom is -0.508 e. The lowest BCUT2D eigenvalue weighted by Gasteiger charge is -2.34. The van der Waals surface area contributed by atoms with Crippen LogP contribution in [0.3, 0.4) is 0 Å². The molecule has 0 radical (unpaired) electrons. The number of ketones is 1. The van der Waals surface area contributed by atoms with Crippen molar-refractivity contribution in [2.24, 2.45) is 0 Å². The van der Waals surface area contributed by atoms with E-state index in [0.717, 1.165) is 51.8 Å². The molecule has 1 aliphatic carbocycles. The first-order chi connectivity index (χ1) is 14.0. The van der Waals surface area contributed by atoms with E-state index in [4.69, 9.17) is 4.74 Å². The molecule has 3 nitrogen and oxygen atoms in total. The molecule has 0 saturated heterocycles. The average molecular weight is 384 g/mol. The van der Waals surface area contributed by atoms with Gasteiger partial charge in [0.15, 0.2) is 5.78 Å². The Balaban J connectivity index is 1.78. The van der Waals surface area contributed by atoms with Crippen molar-refractivity contribution in [1.29, 1.82) is 0 Å². The molecule has 3 aromatic carbocycles. The second kappa shape index (κ2) is 6.77. The predicted octanol–water partition coefficient (Wildman–Crippen LogP) is 6.20. The number of carbonyl (C=O) groups is 1. The van der Waals surface area contributed by atoms with Crippen LogP contribution in [0, 0.1) is 0 Å². The summed E-state index contributed by atoms with van der Waals surface area (Å²) in [6.45, 7) is 4.36. The number of rotatable bonds is 2. The van der Waals surface area contributed by atoms with Crippen LogP contribution in [0.25, 0.3) is 10.8 Å². The number of hydrogen-bond acceptors (Lipinski definition) is 3. The van der Waals surface area contributed by atoms with Gasteiger partial charge in [-0.3, -0.25) is 4.79 Å². The molecule has 5 rings (SSSR count). The molecule has 3 aromatic rings. The van der Waals surface area contributed by atoms with Crippen LogP contribution in [0.4, 0.5) is 0 Å². The van der Waals surface area contributed by atoms with Gasteiger partial charge in [0, 0.05) is 29.9 Å². The van der Waals surface area contributed by atoms with E-state index in [-0.39, 0.29) is 17.5 Å². The van der Waals surface area contributed by atoms with E-state index < -0.39 is 0 Å². The second-order valence-corrected chi connectivity index (χ2v) is 8.35. The van der Waals surface area contributed by atoms with Gasteiger partial charge in [0.25, 0.3) is 0 Å². The maximum atomic E-state index is 13.0. The minimum atomic E-state index is -0.173. The fraction of sp³-hybridized carbons (Fsp3) is 0.269. The molecule has 0 aromatic heterocycles. The molecule has 0 fully saturated rings. The number of benzene rings is 3. The molecular formula is C26H24O3. The van der Waals surface area contributed by atoms with Crippen LogP contribution < -0.4 is 4.74 Å². The number of carbonyl (C=O) groups excluding carboxylic acids is 1. The first-order valence-electron chi connectivity index (χ1n) is 10.3. The Morgan fingerprint density at radius 2 is 1.76 bits per heavy atom. The third-order valence-corrected chi connectivity index (χ3v) is 6.16. The molecular weight excluding hydrogens is 360 g/mol. The van der Waals surface area contributed by atoms with Gasteiger partial charge >= 0.3 is 0 Å². The smallest absolute Gasteiger partial charge is 0.163 e. The zero-order valence-corrected chi connectivity index (χ0v) is 16.7. The summed E-state index contributed by atoms with van der Waals surface area (Å²) in [6, 6.07) is 18.0. The zero-order chi connectivity index (χ0) is 20.1. The third kappa shape index (κ3) is 2.93. The van der Waals surface area contributed by atoms with Crippen molar-refractivity contribution < 1.29 is 14.6 Å². The molecule has 29 heavy (non-hydrogen) atoms. The van der Waals surface area contributed by atoms with Crippen LogP contribution in [-0.4, -0.2) is 10.9 Å². The van der Waals surface area contributed by atoms with Gasteiger partial charge in [0.2, 0.25) is 0 Å². The van der Waals surface area contributed by atoms with E-state index in [0.29, 0.717) is 12.3 Å². The monoisotopic (exact) mass is 384 g/mol. The highest BCUT2D eigenvalue weighted by molar-refractivity contribution is 6.02. The number of fused-ring (bicyclic) bond motifs is 3. The second-order valence-electron chi connectivity index (χ2n) is 8.35. The minimum absolute atomic E-state index is 0.173. The Hall–Kier alpha value is -3.07. The van der Waals surface area contributed by atoms with Gasteiger partial charge in [0.05, 0.1) is 0 Å². The molecule has 1 aliphatic heterocycles. The largest absolute Gasteiger partial charge is 0.508 e. The van der Waals surface area contributed by atoms with E-state index >= 15 is 0 Å². The lowest BCUT2D eigenvalue weighted by molar-refractivity contribution is -0.116. The van der Waals surface area contributed by atoms with Gasteiger partial charge in [-0.15, -0.1) is 0 Å². The van der Waals surface area contributed by atoms with Gasteiger partial charge in [-0.2, -0.15) is 0 Å². The first-order valence-corrected chi connectivity index (χ1v) is 10.3. The van der Waals surface area contributed by atoms with Gasteiger partial charge in [-0.25, -0.2) is 0 Å². The van der Waals surface area contributed by atoms with Crippen molar-refractivity contribution in [2.45, 2.75) is 44.9 Å². The summed E-state index contributed by atoms with van der Waals surface area (Å²) >= 11 is 0. The van der Waals surface area contributed by atoms with Crippen LogP contribution in [0.1, 0.15) is 61.6 Å². The molecule has 1 unspecified atom stereocenters. The molecule has 0 saturated carbocycles. The molecule has 0 bridgehead atoms. The highest BCUT2D eigenvalue weighted by atomic mass is 16.5.